The Morgan fingerprint density at radius 2 is 1.64 bits per heavy atom. The number of nitrogens with one attached hydrogen (secondary N) is 2. The van der Waals surface area contributed by atoms with Gasteiger partial charge >= 0.3 is 0 Å². The average molecular weight is 500 g/mol. The molecule has 0 saturated heterocycles. The van der Waals surface area contributed by atoms with Crippen molar-refractivity contribution in [2.75, 3.05) is 26.0 Å². The third kappa shape index (κ3) is 10.0. The number of rotatable bonds is 10. The van der Waals surface area contributed by atoms with Gasteiger partial charge in [-0.15, -0.1) is 0 Å². The lowest BCUT2D eigenvalue weighted by atomic mass is 10.2. The molecule has 0 spiro atoms. The second-order valence-electron chi connectivity index (χ2n) is 6.49. The predicted molar refractivity (Wildman–Crippen MR) is 129 cm³/mol. The van der Waals surface area contributed by atoms with Gasteiger partial charge in [0.05, 0.1) is 15.7 Å². The molecule has 0 heterocycles. The quantitative estimate of drug-likeness (QED) is 0.322. The van der Waals surface area contributed by atoms with Gasteiger partial charge in [0.1, 0.15) is 23.9 Å². The highest BCUT2D eigenvalue weighted by molar-refractivity contribution is 6.33. The summed E-state index contributed by atoms with van der Waals surface area (Å²) in [4.78, 5) is 21.8. The Morgan fingerprint density at radius 1 is 1.03 bits per heavy atom. The van der Waals surface area contributed by atoms with E-state index in [0.717, 1.165) is 30.3 Å². The van der Waals surface area contributed by atoms with E-state index < -0.39 is 5.82 Å². The lowest BCUT2D eigenvalue weighted by molar-refractivity contribution is -0.122. The SMILES string of the molecule is CC/C(NC)=C(/CC)NC(=O)COc1ccc(Cl)c(N)c1.O=CCOc1ccc(Cl)c(F)c1. The molecule has 0 aliphatic carbocycles. The number of benzene rings is 2. The van der Waals surface area contributed by atoms with Crippen molar-refractivity contribution < 1.29 is 23.5 Å². The van der Waals surface area contributed by atoms with Crippen molar-refractivity contribution in [1.29, 1.82) is 0 Å². The van der Waals surface area contributed by atoms with Crippen LogP contribution >= 0.6 is 23.2 Å². The molecule has 0 aromatic heterocycles. The van der Waals surface area contributed by atoms with E-state index in [9.17, 15) is 14.0 Å². The van der Waals surface area contributed by atoms with E-state index in [2.05, 4.69) is 10.6 Å². The fourth-order valence-electron chi connectivity index (χ4n) is 2.58. The van der Waals surface area contributed by atoms with Gasteiger partial charge in [0, 0.05) is 30.6 Å². The first kappa shape index (κ1) is 28.1. The molecule has 33 heavy (non-hydrogen) atoms. The molecule has 0 aliphatic heterocycles. The van der Waals surface area contributed by atoms with E-state index in [-0.39, 0.29) is 24.1 Å². The second kappa shape index (κ2) is 15.0. The van der Waals surface area contributed by atoms with Crippen molar-refractivity contribution in [2.24, 2.45) is 0 Å². The molecule has 7 nitrogen and oxygen atoms in total. The fraction of sp³-hybridized carbons (Fsp3) is 0.304. The number of nitrogens with two attached hydrogens (primary N) is 1. The van der Waals surface area contributed by atoms with Gasteiger partial charge in [-0.25, -0.2) is 4.39 Å². The highest BCUT2D eigenvalue weighted by Gasteiger charge is 2.09. The minimum absolute atomic E-state index is 0.0356. The van der Waals surface area contributed by atoms with E-state index in [0.29, 0.717) is 28.5 Å². The lowest BCUT2D eigenvalue weighted by Crippen LogP contribution is -2.30. The molecule has 0 atom stereocenters. The minimum Gasteiger partial charge on any atom is -0.486 e. The monoisotopic (exact) mass is 499 g/mol. The summed E-state index contributed by atoms with van der Waals surface area (Å²) in [5.74, 6) is 0.0454. The normalized spacial score (nSPS) is 10.8. The zero-order valence-corrected chi connectivity index (χ0v) is 20.2. The minimum atomic E-state index is -0.555. The maximum Gasteiger partial charge on any atom is 0.262 e. The lowest BCUT2D eigenvalue weighted by Gasteiger charge is -2.14. The topological polar surface area (TPSA) is 103 Å². The van der Waals surface area contributed by atoms with Crippen molar-refractivity contribution in [2.45, 2.75) is 26.7 Å². The zero-order valence-electron chi connectivity index (χ0n) is 18.7. The van der Waals surface area contributed by atoms with Crippen LogP contribution in [0, 0.1) is 5.82 Å². The first-order valence-electron chi connectivity index (χ1n) is 10.1. The second-order valence-corrected chi connectivity index (χ2v) is 7.30. The Hall–Kier alpha value is -2.97. The van der Waals surface area contributed by atoms with Crippen LogP contribution < -0.4 is 25.8 Å². The van der Waals surface area contributed by atoms with Crippen molar-refractivity contribution in [3.8, 4) is 11.5 Å². The Balaban J connectivity index is 0.000000383. The number of hydrogen-bond acceptors (Lipinski definition) is 6. The Morgan fingerprint density at radius 3 is 2.15 bits per heavy atom. The van der Waals surface area contributed by atoms with Gasteiger partial charge in [-0.05, 0) is 37.1 Å². The summed E-state index contributed by atoms with van der Waals surface area (Å²) >= 11 is 11.2. The summed E-state index contributed by atoms with van der Waals surface area (Å²) in [6.45, 7) is 3.86. The average Bonchev–Trinajstić information content (AvgIpc) is 2.81. The van der Waals surface area contributed by atoms with Crippen molar-refractivity contribution >= 4 is 41.1 Å². The first-order chi connectivity index (χ1) is 15.7. The molecule has 2 rings (SSSR count). The largest absolute Gasteiger partial charge is 0.486 e. The molecule has 2 aromatic rings. The number of carbonyl (C=O) groups is 2. The van der Waals surface area contributed by atoms with E-state index in [1.807, 2.05) is 20.9 Å². The maximum atomic E-state index is 12.7. The Kier molecular flexibility index (Phi) is 12.7. The smallest absolute Gasteiger partial charge is 0.262 e. The highest BCUT2D eigenvalue weighted by Crippen LogP contribution is 2.23. The van der Waals surface area contributed by atoms with Gasteiger partial charge in [0.2, 0.25) is 0 Å². The summed E-state index contributed by atoms with van der Waals surface area (Å²) in [6.07, 6.45) is 2.16. The van der Waals surface area contributed by atoms with Gasteiger partial charge in [0.25, 0.3) is 5.91 Å². The third-order valence-corrected chi connectivity index (χ3v) is 4.86. The molecular weight excluding hydrogens is 472 g/mol. The van der Waals surface area contributed by atoms with Gasteiger partial charge in [-0.2, -0.15) is 0 Å². The number of nitrogen functional groups attached to an aromatic ring is 1. The van der Waals surface area contributed by atoms with Crippen molar-refractivity contribution in [1.82, 2.24) is 10.6 Å². The zero-order chi connectivity index (χ0) is 24.8. The summed E-state index contributed by atoms with van der Waals surface area (Å²) in [6, 6.07) is 8.90. The summed E-state index contributed by atoms with van der Waals surface area (Å²) < 4.78 is 22.9. The van der Waals surface area contributed by atoms with E-state index in [1.165, 1.54) is 12.1 Å². The third-order valence-electron chi connectivity index (χ3n) is 4.21. The first-order valence-corrected chi connectivity index (χ1v) is 10.9. The number of hydrogen-bond donors (Lipinski definition) is 3. The van der Waals surface area contributed by atoms with Crippen molar-refractivity contribution in [3.05, 3.63) is 63.7 Å². The molecule has 0 radical (unpaired) electrons. The van der Waals surface area contributed by atoms with Crippen LogP contribution in [0.2, 0.25) is 10.0 Å². The summed E-state index contributed by atoms with van der Waals surface area (Å²) in [7, 11) is 1.84. The number of allylic oxidation sites excluding steroid dienone is 2. The maximum absolute atomic E-state index is 12.7. The number of halogens is 3. The summed E-state index contributed by atoms with van der Waals surface area (Å²) in [5.41, 5.74) is 7.99. The molecular formula is C23H28Cl2FN3O4. The van der Waals surface area contributed by atoms with E-state index in [1.54, 1.807) is 18.2 Å². The van der Waals surface area contributed by atoms with Crippen LogP contribution in [0.5, 0.6) is 11.5 Å². The summed E-state index contributed by atoms with van der Waals surface area (Å²) in [5, 5.41) is 6.45. The van der Waals surface area contributed by atoms with E-state index >= 15 is 0 Å². The van der Waals surface area contributed by atoms with Crippen LogP contribution in [0.15, 0.2) is 47.8 Å². The number of amides is 1. The van der Waals surface area contributed by atoms with Crippen molar-refractivity contribution in [3.63, 3.8) is 0 Å². The molecule has 0 saturated carbocycles. The molecule has 0 fully saturated rings. The molecule has 0 unspecified atom stereocenters. The van der Waals surface area contributed by atoms with Crippen LogP contribution in [0.3, 0.4) is 0 Å². The van der Waals surface area contributed by atoms with Gasteiger partial charge < -0.3 is 25.8 Å². The molecule has 0 bridgehead atoms. The van der Waals surface area contributed by atoms with Crippen LogP contribution in [0.4, 0.5) is 10.1 Å². The van der Waals surface area contributed by atoms with Crippen LogP contribution in [-0.4, -0.2) is 32.5 Å². The molecule has 10 heteroatoms. The van der Waals surface area contributed by atoms with Gasteiger partial charge in [-0.3, -0.25) is 9.59 Å². The molecule has 0 aliphatic rings. The molecule has 2 aromatic carbocycles. The number of carbonyl (C=O) groups excluding carboxylic acids is 2. The predicted octanol–water partition coefficient (Wildman–Crippen LogP) is 4.73. The van der Waals surface area contributed by atoms with E-state index in [4.69, 9.17) is 38.4 Å². The number of aldehydes is 1. The molecule has 1 amide bonds. The number of anilines is 1. The standard InChI is InChI=1S/C15H22ClN3O2.C8H6ClFO2/c1-4-13(18-3)14(5-2)19-15(20)9-21-10-6-7-11(16)12(17)8-10;9-7-2-1-6(5-8(7)10)12-4-3-11/h6-8,18H,4-5,9,17H2,1-3H3,(H,19,20);1-3,5H,4H2/b14-13+;. The van der Waals surface area contributed by atoms with Gasteiger partial charge in [0.15, 0.2) is 12.9 Å². The van der Waals surface area contributed by atoms with Gasteiger partial charge in [-0.1, -0.05) is 37.0 Å². The van der Waals surface area contributed by atoms with Crippen LogP contribution in [0.25, 0.3) is 0 Å². The van der Waals surface area contributed by atoms with Crippen LogP contribution in [-0.2, 0) is 9.59 Å². The van der Waals surface area contributed by atoms with Crippen LogP contribution in [0.1, 0.15) is 26.7 Å². The fourth-order valence-corrected chi connectivity index (χ4v) is 2.82. The number of ether oxygens (including phenoxy) is 2. The Bertz CT molecular complexity index is 965. The molecule has 4 N–H and O–H groups in total. The molecule has 180 valence electrons. The Labute approximate surface area is 203 Å². The highest BCUT2D eigenvalue weighted by atomic mass is 35.5.